The first kappa shape index (κ1) is 36.8. The molecule has 0 bridgehead atoms. The number of imidazole rings is 1. The fraction of sp³-hybridized carbons (Fsp3) is 0.406. The summed E-state index contributed by atoms with van der Waals surface area (Å²) in [6.07, 6.45) is -2.81. The van der Waals surface area contributed by atoms with E-state index >= 15 is 0 Å². The molecule has 0 saturated carbocycles. The second-order valence-electron chi connectivity index (χ2n) is 11.8. The Balaban J connectivity index is 1.31. The molecule has 5 rings (SSSR count). The Morgan fingerprint density at radius 3 is 2.06 bits per heavy atom. The Morgan fingerprint density at radius 2 is 1.54 bits per heavy atom. The van der Waals surface area contributed by atoms with Crippen LogP contribution in [0.25, 0.3) is 11.2 Å². The minimum absolute atomic E-state index is 0.0313. The van der Waals surface area contributed by atoms with Crippen molar-refractivity contribution in [2.45, 2.75) is 70.1 Å². The van der Waals surface area contributed by atoms with Gasteiger partial charge in [-0.15, -0.1) is 0 Å². The van der Waals surface area contributed by atoms with Gasteiger partial charge >= 0.3 is 19.6 Å². The van der Waals surface area contributed by atoms with Crippen molar-refractivity contribution in [3.63, 3.8) is 0 Å². The zero-order chi connectivity index (χ0) is 36.1. The van der Waals surface area contributed by atoms with E-state index in [0.717, 1.165) is 11.1 Å². The van der Waals surface area contributed by atoms with Gasteiger partial charge in [-0.05, 0) is 31.9 Å². The molecule has 1 fully saturated rings. The van der Waals surface area contributed by atoms with Gasteiger partial charge in [-0.3, -0.25) is 18.7 Å². The normalized spacial score (nSPS) is 22.8. The molecule has 268 valence electrons. The van der Waals surface area contributed by atoms with Crippen molar-refractivity contribution in [3.8, 4) is 5.88 Å². The van der Waals surface area contributed by atoms with Crippen LogP contribution in [0.2, 0.25) is 0 Å². The number of hydrogen-bond donors (Lipinski definition) is 5. The number of nitrogen functional groups attached to an aromatic ring is 1. The van der Waals surface area contributed by atoms with Crippen LogP contribution >= 0.6 is 7.67 Å². The van der Waals surface area contributed by atoms with E-state index in [-0.39, 0.29) is 36.2 Å². The van der Waals surface area contributed by atoms with Crippen LogP contribution in [0.4, 0.5) is 5.95 Å². The molecule has 6 N–H and O–H groups in total. The van der Waals surface area contributed by atoms with E-state index in [1.54, 1.807) is 48.5 Å². The lowest BCUT2D eigenvalue weighted by Gasteiger charge is -2.28. The van der Waals surface area contributed by atoms with Crippen LogP contribution in [0, 0.1) is 0 Å². The van der Waals surface area contributed by atoms with Crippen molar-refractivity contribution in [2.24, 2.45) is 0 Å². The van der Waals surface area contributed by atoms with Gasteiger partial charge in [-0.2, -0.15) is 9.97 Å². The van der Waals surface area contributed by atoms with Crippen LogP contribution in [-0.4, -0.2) is 85.3 Å². The number of nitrogens with zero attached hydrogens (tertiary/aromatic N) is 4. The molecule has 2 aromatic carbocycles. The standard InChI is InChI=1S/C32H40N7O10P/c1-19(28(41)46-15-21-11-7-5-8-12-21)37-50(44,38-20(2)29(42)47-16-22-13-9-6-10-14-22)48-17-23-25(40)32(3,43)30(49-23)39-18-34-24-26(39)35-31(33)36-27(24)45-4/h5-14,18-20,23,25,30,40,43H,15-17H2,1-4H3,(H2,33,35,36)(H2,37,38,44). The number of benzene rings is 2. The molecule has 1 aliphatic rings. The molecule has 6 atom stereocenters. The lowest BCUT2D eigenvalue weighted by molar-refractivity contribution is -0.147. The van der Waals surface area contributed by atoms with Crippen LogP contribution in [0.15, 0.2) is 67.0 Å². The molecule has 18 heteroatoms. The highest BCUT2D eigenvalue weighted by Gasteiger charge is 2.54. The fourth-order valence-corrected chi connectivity index (χ4v) is 7.02. The summed E-state index contributed by atoms with van der Waals surface area (Å²) in [5.41, 5.74) is 5.77. The zero-order valence-corrected chi connectivity index (χ0v) is 28.7. The van der Waals surface area contributed by atoms with Gasteiger partial charge in [-0.25, -0.2) is 15.2 Å². The highest BCUT2D eigenvalue weighted by Crippen LogP contribution is 2.44. The van der Waals surface area contributed by atoms with E-state index < -0.39 is 62.3 Å². The molecule has 4 aromatic rings. The van der Waals surface area contributed by atoms with Crippen LogP contribution < -0.4 is 20.6 Å². The average Bonchev–Trinajstić information content (AvgIpc) is 3.61. The summed E-state index contributed by atoms with van der Waals surface area (Å²) >= 11 is 0. The van der Waals surface area contributed by atoms with Crippen molar-refractivity contribution in [1.29, 1.82) is 0 Å². The number of ether oxygens (including phenoxy) is 4. The molecule has 0 aliphatic carbocycles. The van der Waals surface area contributed by atoms with Crippen LogP contribution in [0.1, 0.15) is 38.1 Å². The number of methoxy groups -OCH3 is 1. The minimum Gasteiger partial charge on any atom is -0.479 e. The smallest absolute Gasteiger partial charge is 0.342 e. The maximum Gasteiger partial charge on any atom is 0.342 e. The summed E-state index contributed by atoms with van der Waals surface area (Å²) in [6, 6.07) is 15.6. The summed E-state index contributed by atoms with van der Waals surface area (Å²) in [4.78, 5) is 38.2. The van der Waals surface area contributed by atoms with E-state index in [9.17, 15) is 24.4 Å². The number of aliphatic hydroxyl groups excluding tert-OH is 1. The zero-order valence-electron chi connectivity index (χ0n) is 27.8. The number of nitrogens with one attached hydrogen (secondary N) is 2. The Morgan fingerprint density at radius 1 is 1.00 bits per heavy atom. The maximum atomic E-state index is 14.3. The number of carbonyl (C=O) groups excluding carboxylic acids is 2. The van der Waals surface area contributed by atoms with Crippen molar-refractivity contribution >= 4 is 36.7 Å². The number of aliphatic hydroxyl groups is 2. The van der Waals surface area contributed by atoms with Gasteiger partial charge in [0.15, 0.2) is 17.4 Å². The maximum absolute atomic E-state index is 14.3. The first-order valence-corrected chi connectivity index (χ1v) is 17.2. The Kier molecular flexibility index (Phi) is 11.5. The fourth-order valence-electron chi connectivity index (χ4n) is 5.21. The van der Waals surface area contributed by atoms with Gasteiger partial charge in [0.05, 0.1) is 20.0 Å². The highest BCUT2D eigenvalue weighted by molar-refractivity contribution is 7.54. The van der Waals surface area contributed by atoms with Crippen molar-refractivity contribution in [1.82, 2.24) is 29.7 Å². The molecule has 0 spiro atoms. The Hall–Kier alpha value is -4.48. The number of fused-ring (bicyclic) bond motifs is 1. The Bertz CT molecular complexity index is 1760. The molecule has 6 unspecified atom stereocenters. The molecule has 17 nitrogen and oxygen atoms in total. The van der Waals surface area contributed by atoms with Crippen molar-refractivity contribution in [2.75, 3.05) is 19.5 Å². The molecule has 50 heavy (non-hydrogen) atoms. The van der Waals surface area contributed by atoms with Gasteiger partial charge in [0.1, 0.15) is 43.1 Å². The summed E-state index contributed by atoms with van der Waals surface area (Å²) < 4.78 is 43.5. The van der Waals surface area contributed by atoms with E-state index in [2.05, 4.69) is 25.1 Å². The second kappa shape index (κ2) is 15.6. The third kappa shape index (κ3) is 8.45. The highest BCUT2D eigenvalue weighted by atomic mass is 31.2. The summed E-state index contributed by atoms with van der Waals surface area (Å²) in [5.74, 6) is -1.53. The molecule has 2 aromatic heterocycles. The number of aromatic nitrogens is 4. The van der Waals surface area contributed by atoms with Gasteiger partial charge in [0.25, 0.3) is 0 Å². The predicted molar refractivity (Wildman–Crippen MR) is 178 cm³/mol. The molecule has 1 aliphatic heterocycles. The largest absolute Gasteiger partial charge is 0.479 e. The third-order valence-electron chi connectivity index (χ3n) is 7.91. The monoisotopic (exact) mass is 713 g/mol. The summed E-state index contributed by atoms with van der Waals surface area (Å²) in [6.45, 7) is 3.53. The van der Waals surface area contributed by atoms with Crippen LogP contribution in [-0.2, 0) is 46.1 Å². The molecule has 0 amide bonds. The average molecular weight is 714 g/mol. The van der Waals surface area contributed by atoms with Crippen LogP contribution in [0.3, 0.4) is 0 Å². The number of hydrogen-bond acceptors (Lipinski definition) is 14. The first-order valence-electron chi connectivity index (χ1n) is 15.6. The number of anilines is 1. The number of esters is 2. The summed E-state index contributed by atoms with van der Waals surface area (Å²) in [5, 5.41) is 27.8. The topological polar surface area (TPSA) is 231 Å². The first-order chi connectivity index (χ1) is 23.8. The van der Waals surface area contributed by atoms with E-state index in [1.807, 2.05) is 12.1 Å². The van der Waals surface area contributed by atoms with E-state index in [0.29, 0.717) is 0 Å². The second-order valence-corrected chi connectivity index (χ2v) is 13.7. The summed E-state index contributed by atoms with van der Waals surface area (Å²) in [7, 11) is -2.95. The number of nitrogens with two attached hydrogens (primary N) is 1. The third-order valence-corrected chi connectivity index (χ3v) is 9.88. The van der Waals surface area contributed by atoms with Gasteiger partial charge in [-0.1, -0.05) is 60.7 Å². The number of carbonyl (C=O) groups is 2. The quantitative estimate of drug-likeness (QED) is 0.0876. The molecular formula is C32H40N7O10P. The molecule has 3 heterocycles. The predicted octanol–water partition coefficient (Wildman–Crippen LogP) is 1.99. The Labute approximate surface area is 287 Å². The van der Waals surface area contributed by atoms with Gasteiger partial charge in [0.2, 0.25) is 11.8 Å². The minimum atomic E-state index is -4.33. The molecule has 0 radical (unpaired) electrons. The van der Waals surface area contributed by atoms with Gasteiger partial charge < -0.3 is 39.4 Å². The SMILES string of the molecule is COc1nc(N)nc2c1ncn2C1OC(COP(=O)(NC(C)C(=O)OCc2ccccc2)NC(C)C(=O)OCc2ccccc2)C(O)C1(C)O. The molecular weight excluding hydrogens is 673 g/mol. The van der Waals surface area contributed by atoms with Crippen molar-refractivity contribution < 1.29 is 47.8 Å². The molecule has 1 saturated heterocycles. The van der Waals surface area contributed by atoms with Gasteiger partial charge in [0, 0.05) is 0 Å². The number of rotatable bonds is 15. The lowest BCUT2D eigenvalue weighted by Crippen LogP contribution is -2.45. The van der Waals surface area contributed by atoms with Crippen LogP contribution in [0.5, 0.6) is 5.88 Å². The van der Waals surface area contributed by atoms with Crippen molar-refractivity contribution in [3.05, 3.63) is 78.1 Å². The van der Waals surface area contributed by atoms with E-state index in [1.165, 1.54) is 38.8 Å². The lowest BCUT2D eigenvalue weighted by atomic mass is 9.96. The van der Waals surface area contributed by atoms with E-state index in [4.69, 9.17) is 29.2 Å².